The Morgan fingerprint density at radius 3 is 2.42 bits per heavy atom. The van der Waals surface area contributed by atoms with Crippen LogP contribution in [0.15, 0.2) is 12.7 Å². The predicted molar refractivity (Wildman–Crippen MR) is 102 cm³/mol. The van der Waals surface area contributed by atoms with Crippen LogP contribution in [0.25, 0.3) is 11.2 Å². The van der Waals surface area contributed by atoms with E-state index in [9.17, 15) is 29.1 Å². The molecule has 0 radical (unpaired) electrons. The first-order valence-electron chi connectivity index (χ1n) is 7.92. The third-order valence-electron chi connectivity index (χ3n) is 3.82. The average molecular weight is 523 g/mol. The third kappa shape index (κ3) is 5.90. The fourth-order valence-electron chi connectivity index (χ4n) is 2.62. The molecule has 3 heterocycles. The second-order valence-corrected chi connectivity index (χ2v) is 11.9. The van der Waals surface area contributed by atoms with Crippen LogP contribution >= 0.6 is 22.4 Å². The van der Waals surface area contributed by atoms with Crippen LogP contribution in [0.4, 0.5) is 5.82 Å². The summed E-state index contributed by atoms with van der Waals surface area (Å²) in [6.45, 7) is -5.61. The Morgan fingerprint density at radius 1 is 1.10 bits per heavy atom. The van der Waals surface area contributed by atoms with Crippen molar-refractivity contribution in [2.45, 2.75) is 24.5 Å². The van der Waals surface area contributed by atoms with Gasteiger partial charge in [0.05, 0.1) is 12.9 Å². The van der Waals surface area contributed by atoms with E-state index in [-0.39, 0.29) is 17.0 Å². The fourth-order valence-corrected chi connectivity index (χ4v) is 6.41. The summed E-state index contributed by atoms with van der Waals surface area (Å²) in [5.74, 6) is 0.0574. The van der Waals surface area contributed by atoms with Crippen molar-refractivity contribution in [3.63, 3.8) is 0 Å². The summed E-state index contributed by atoms with van der Waals surface area (Å²) in [7, 11) is -10.8. The molecular weight excluding hydrogens is 507 g/mol. The maximum Gasteiger partial charge on any atom is 0.488 e. The molecule has 2 aromatic heterocycles. The van der Waals surface area contributed by atoms with Gasteiger partial charge in [0.25, 0.3) is 0 Å². The molecule has 3 rings (SSSR count). The Morgan fingerprint density at radius 2 is 1.77 bits per heavy atom. The van der Waals surface area contributed by atoms with Crippen molar-refractivity contribution in [2.24, 2.45) is 0 Å². The number of phosphoric acid groups is 2. The number of fused-ring (bicyclic) bond motifs is 1. The number of phosphoric ester groups is 1. The summed E-state index contributed by atoms with van der Waals surface area (Å²) >= 11 is 3.97. The number of aliphatic hydroxyl groups is 2. The molecular formula is C10H16N5O12P3S. The zero-order chi connectivity index (χ0) is 23.2. The van der Waals surface area contributed by atoms with Crippen LogP contribution < -0.4 is 5.73 Å². The number of nitrogen functional groups attached to an aromatic ring is 1. The van der Waals surface area contributed by atoms with E-state index in [2.05, 4.69) is 39.9 Å². The number of ether oxygens (including phenoxy) is 1. The van der Waals surface area contributed by atoms with Gasteiger partial charge < -0.3 is 40.3 Å². The molecule has 1 saturated heterocycles. The van der Waals surface area contributed by atoms with Gasteiger partial charge in [-0.25, -0.2) is 28.4 Å². The molecule has 174 valence electrons. The maximum atomic E-state index is 11.9. The van der Waals surface area contributed by atoms with E-state index < -0.39 is 53.5 Å². The average Bonchev–Trinajstić information content (AvgIpc) is 3.13. The highest BCUT2D eigenvalue weighted by atomic mass is 32.5. The van der Waals surface area contributed by atoms with Crippen molar-refractivity contribution in [1.82, 2.24) is 19.5 Å². The minimum absolute atomic E-state index is 0.0574. The van der Waals surface area contributed by atoms with E-state index in [0.29, 0.717) is 0 Å². The summed E-state index contributed by atoms with van der Waals surface area (Å²) in [5.41, 5.74) is 6.05. The highest BCUT2D eigenvalue weighted by Gasteiger charge is 2.46. The predicted octanol–water partition coefficient (Wildman–Crippen LogP) is -1.51. The number of anilines is 1. The second-order valence-electron chi connectivity index (χ2n) is 6.02. The number of imidazole rings is 1. The highest BCUT2D eigenvalue weighted by molar-refractivity contribution is 8.08. The van der Waals surface area contributed by atoms with Crippen molar-refractivity contribution >= 4 is 51.2 Å². The van der Waals surface area contributed by atoms with Gasteiger partial charge in [0.1, 0.15) is 30.2 Å². The second kappa shape index (κ2) is 8.78. The minimum Gasteiger partial charge on any atom is -0.387 e. The number of hydrogen-bond acceptors (Lipinski definition) is 13. The highest BCUT2D eigenvalue weighted by Crippen LogP contribution is 2.66. The van der Waals surface area contributed by atoms with E-state index in [0.717, 1.165) is 6.33 Å². The molecule has 0 saturated carbocycles. The van der Waals surface area contributed by atoms with Gasteiger partial charge in [-0.15, -0.1) is 0 Å². The van der Waals surface area contributed by atoms with Crippen LogP contribution in [0.3, 0.4) is 0 Å². The van der Waals surface area contributed by atoms with Crippen LogP contribution in [0, 0.1) is 0 Å². The number of rotatable bonds is 8. The smallest absolute Gasteiger partial charge is 0.387 e. The quantitative estimate of drug-likeness (QED) is 0.194. The van der Waals surface area contributed by atoms with Crippen molar-refractivity contribution < 1.29 is 56.8 Å². The maximum absolute atomic E-state index is 11.9. The number of nitrogens with zero attached hydrogens (tertiary/aromatic N) is 4. The van der Waals surface area contributed by atoms with Crippen molar-refractivity contribution in [1.29, 1.82) is 0 Å². The number of nitrogens with two attached hydrogens (primary N) is 1. The molecule has 0 bridgehead atoms. The summed E-state index contributed by atoms with van der Waals surface area (Å²) in [6.07, 6.45) is -3.53. The molecule has 6 atom stereocenters. The zero-order valence-electron chi connectivity index (χ0n) is 14.9. The van der Waals surface area contributed by atoms with Gasteiger partial charge in [0, 0.05) is 0 Å². The van der Waals surface area contributed by atoms with E-state index >= 15 is 0 Å². The Kier molecular flexibility index (Phi) is 6.99. The molecule has 0 aliphatic carbocycles. The fraction of sp³-hybridized carbons (Fsp3) is 0.500. The molecule has 31 heavy (non-hydrogen) atoms. The van der Waals surface area contributed by atoms with Gasteiger partial charge >= 0.3 is 22.4 Å². The van der Waals surface area contributed by atoms with Gasteiger partial charge in [-0.2, -0.15) is 4.31 Å². The van der Waals surface area contributed by atoms with Gasteiger partial charge in [0.2, 0.25) is 0 Å². The molecule has 1 fully saturated rings. The van der Waals surface area contributed by atoms with Crippen molar-refractivity contribution in [3.8, 4) is 0 Å². The molecule has 2 aromatic rings. The Hall–Kier alpha value is -0.940. The molecule has 8 N–H and O–H groups in total. The topological polar surface area (TPSA) is 262 Å². The standard InChI is InChI=1S/C10H16N5O12P3S/c11-8-5-9(13-2-12-8)15(3-14-5)10-7(17)6(16)4(25-10)1-24-28(18,19)26-29(20,21)27-30(22,23)31/h2-4,6-7,10,16-17H,1H2,(H,18,19)(H,20,21)(H2,11,12,13)(H2,22,23,31)/t4-,6+,7-,10-/m1/s1. The van der Waals surface area contributed by atoms with Crippen LogP contribution in [0.5, 0.6) is 0 Å². The summed E-state index contributed by atoms with van der Waals surface area (Å²) in [6, 6.07) is 0. The Balaban J connectivity index is 1.69. The third-order valence-corrected chi connectivity index (χ3v) is 8.22. The molecule has 0 spiro atoms. The minimum atomic E-state index is -5.49. The van der Waals surface area contributed by atoms with Crippen LogP contribution in [0.1, 0.15) is 6.23 Å². The SMILES string of the molecule is Nc1ncnc2c1ncn2[C@@H]1O[C@H](COP(=O)(O)OP(=O)(O)OP(O)(O)=S)[C@H](O)[C@H]1O. The lowest BCUT2D eigenvalue weighted by atomic mass is 10.1. The lowest BCUT2D eigenvalue weighted by Gasteiger charge is -2.19. The largest absolute Gasteiger partial charge is 0.488 e. The van der Waals surface area contributed by atoms with E-state index in [1.807, 2.05) is 0 Å². The summed E-state index contributed by atoms with van der Waals surface area (Å²) in [4.78, 5) is 48.2. The molecule has 21 heteroatoms. The van der Waals surface area contributed by atoms with Crippen molar-refractivity contribution in [2.75, 3.05) is 12.3 Å². The van der Waals surface area contributed by atoms with E-state index in [1.54, 1.807) is 0 Å². The molecule has 0 aromatic carbocycles. The lowest BCUT2D eigenvalue weighted by Crippen LogP contribution is -2.33. The number of aromatic nitrogens is 4. The molecule has 0 amide bonds. The first-order valence-corrected chi connectivity index (χ1v) is 13.5. The van der Waals surface area contributed by atoms with Gasteiger partial charge in [-0.3, -0.25) is 9.09 Å². The first-order chi connectivity index (χ1) is 14.2. The molecule has 2 unspecified atom stereocenters. The summed E-state index contributed by atoms with van der Waals surface area (Å²) in [5, 5.41) is 20.5. The summed E-state index contributed by atoms with van der Waals surface area (Å²) < 4.78 is 42.1. The lowest BCUT2D eigenvalue weighted by molar-refractivity contribution is -0.0503. The van der Waals surface area contributed by atoms with Crippen LogP contribution in [0.2, 0.25) is 0 Å². The first kappa shape index (κ1) is 24.7. The van der Waals surface area contributed by atoms with Crippen LogP contribution in [-0.4, -0.2) is 74.2 Å². The van der Waals surface area contributed by atoms with Gasteiger partial charge in [0.15, 0.2) is 17.7 Å². The van der Waals surface area contributed by atoms with Gasteiger partial charge in [-0.05, 0) is 11.8 Å². The van der Waals surface area contributed by atoms with E-state index in [4.69, 9.17) is 20.3 Å². The van der Waals surface area contributed by atoms with Crippen LogP contribution in [-0.2, 0) is 38.8 Å². The molecule has 17 nitrogen and oxygen atoms in total. The van der Waals surface area contributed by atoms with Gasteiger partial charge in [-0.1, -0.05) is 0 Å². The molecule has 1 aliphatic heterocycles. The Labute approximate surface area is 177 Å². The van der Waals surface area contributed by atoms with E-state index in [1.165, 1.54) is 10.9 Å². The molecule has 1 aliphatic rings. The zero-order valence-corrected chi connectivity index (χ0v) is 18.4. The number of aliphatic hydroxyl groups excluding tert-OH is 2. The monoisotopic (exact) mass is 523 g/mol. The normalized spacial score (nSPS) is 28.5. The van der Waals surface area contributed by atoms with Crippen molar-refractivity contribution in [3.05, 3.63) is 12.7 Å². The Bertz CT molecular complexity index is 1110. The number of hydrogen-bond donors (Lipinski definition) is 7.